The van der Waals surface area contributed by atoms with Crippen LogP contribution >= 0.6 is 23.2 Å². The number of carbonyl (C=O) groups excluding carboxylic acids is 3. The summed E-state index contributed by atoms with van der Waals surface area (Å²) in [5.41, 5.74) is 26.3. The van der Waals surface area contributed by atoms with Crippen molar-refractivity contribution in [1.29, 1.82) is 0 Å². The number of hydrogen-bond donors (Lipinski definition) is 10. The summed E-state index contributed by atoms with van der Waals surface area (Å²) in [6, 6.07) is 41.4. The van der Waals surface area contributed by atoms with Crippen LogP contribution in [0.25, 0.3) is 45.6 Å². The molecule has 127 heavy (non-hydrogen) atoms. The van der Waals surface area contributed by atoms with E-state index in [1.807, 2.05) is 42.7 Å². The molecule has 34 heteroatoms. The van der Waals surface area contributed by atoms with Gasteiger partial charge in [-0.15, -0.1) is 15.3 Å². The van der Waals surface area contributed by atoms with Crippen LogP contribution in [0.2, 0.25) is 10.0 Å². The lowest BCUT2D eigenvalue weighted by atomic mass is 10.0. The highest BCUT2D eigenvalue weighted by Crippen LogP contribution is 2.39. The Hall–Kier alpha value is -13.5. The SMILES string of the molecule is CC(C)n1cnc2c(Nc3cccc(Cl)c3)nc(NCCO)nc21.CCN(CC)CCNC(=O)c1c(C)[nH]c(/C=C2\C(=O)Nc3ccc(F)cc32)c1C.CCOc1ccn(-c2ccc(F)cc2)c(=O)c1C(=O)Nc1ccc(Oc2ccnc(N)c2Cl)c(F)c1.Nc1nc(Nc2ccc3c(c2)CC[C@@H](N2CCCC2)CC3)nn1-c1cc2c(nn1)-c1ccccc1CCC2. The topological polar surface area (TPSA) is 371 Å². The molecular formula is C93H99Cl2F3N22O7. The number of amides is 3. The lowest BCUT2D eigenvalue weighted by Crippen LogP contribution is -2.35. The van der Waals surface area contributed by atoms with E-state index >= 15 is 0 Å². The molecular weight excluding hydrogens is 1670 g/mol. The number of likely N-dealkylation sites (tertiary alicyclic amines) is 1. The van der Waals surface area contributed by atoms with Gasteiger partial charge in [-0.3, -0.25) is 23.7 Å². The molecule has 2 aliphatic carbocycles. The van der Waals surface area contributed by atoms with Gasteiger partial charge in [0.15, 0.2) is 40.1 Å². The summed E-state index contributed by atoms with van der Waals surface area (Å²) in [6.45, 7) is 20.0. The number of aliphatic hydroxyl groups is 1. The minimum atomic E-state index is -0.821. The first-order chi connectivity index (χ1) is 61.4. The lowest BCUT2D eigenvalue weighted by Gasteiger charge is -2.25. The van der Waals surface area contributed by atoms with Crippen LogP contribution in [0, 0.1) is 31.3 Å². The number of likely N-dealkylation sites (N-methyl/N-ethyl adjacent to an activating group) is 1. The highest BCUT2D eigenvalue weighted by Gasteiger charge is 2.30. The van der Waals surface area contributed by atoms with Crippen molar-refractivity contribution in [3.63, 3.8) is 0 Å². The third kappa shape index (κ3) is 21.4. The molecule has 0 spiro atoms. The highest BCUT2D eigenvalue weighted by atomic mass is 35.5. The number of nitrogen functional groups attached to an aromatic ring is 2. The maximum Gasteiger partial charge on any atom is 0.271 e. The molecule has 9 heterocycles. The fourth-order valence-electron chi connectivity index (χ4n) is 15.8. The van der Waals surface area contributed by atoms with Gasteiger partial charge in [0.1, 0.15) is 33.8 Å². The van der Waals surface area contributed by atoms with Crippen LogP contribution in [-0.4, -0.2) is 157 Å². The average molecular weight is 1760 g/mol. The van der Waals surface area contributed by atoms with Gasteiger partial charge in [-0.05, 0) is 250 Å². The number of benzene rings is 6. The number of rotatable bonds is 24. The molecule has 1 fully saturated rings. The Morgan fingerprint density at radius 1 is 0.709 bits per heavy atom. The molecule has 0 unspecified atom stereocenters. The maximum absolute atomic E-state index is 14.7. The largest absolute Gasteiger partial charge is 0.493 e. The third-order valence-electron chi connectivity index (χ3n) is 22.3. The number of anilines is 9. The molecule has 1 saturated heterocycles. The second kappa shape index (κ2) is 41.1. The van der Waals surface area contributed by atoms with E-state index in [4.69, 9.17) is 49.2 Å². The van der Waals surface area contributed by atoms with E-state index in [0.717, 1.165) is 91.8 Å². The number of imidazole rings is 1. The Morgan fingerprint density at radius 3 is 2.22 bits per heavy atom. The van der Waals surface area contributed by atoms with E-state index in [-0.39, 0.29) is 70.4 Å². The van der Waals surface area contributed by atoms with E-state index < -0.39 is 28.9 Å². The Labute approximate surface area is 741 Å². The van der Waals surface area contributed by atoms with Crippen molar-refractivity contribution in [3.05, 3.63) is 258 Å². The van der Waals surface area contributed by atoms with E-state index in [2.05, 4.69) is 163 Å². The first-order valence-corrected chi connectivity index (χ1v) is 43.0. The number of ether oxygens (including phenoxy) is 2. The van der Waals surface area contributed by atoms with Gasteiger partial charge in [0.05, 0.1) is 36.4 Å². The highest BCUT2D eigenvalue weighted by molar-refractivity contribution is 6.35. The normalized spacial score (nSPS) is 14.2. The van der Waals surface area contributed by atoms with Crippen LogP contribution in [0.15, 0.2) is 169 Å². The number of aryl methyl sites for hydroxylation is 5. The molecule has 0 bridgehead atoms. The third-order valence-corrected chi connectivity index (χ3v) is 22.9. The van der Waals surface area contributed by atoms with Crippen molar-refractivity contribution in [1.82, 2.24) is 74.1 Å². The molecule has 17 rings (SSSR count). The first kappa shape index (κ1) is 89.7. The number of H-pyrrole nitrogens is 1. The molecule has 0 saturated carbocycles. The number of nitrogens with one attached hydrogen (secondary N) is 7. The standard InChI is InChI=1S/C30H34N8.C25H19ClF2N4O4.C22H27FN4O2.C16H19ClN6O/c31-29-33-30(32-24-13-10-20-11-14-25(15-12-22(20)18-24)37-16-3-4-17-37)36-38(29)27-19-23-8-5-7-21-6-1-2-9-26(21)28(23)35-34-27;1-2-35-19-10-12-32(16-6-3-14(27)4-7-16)25(34)21(19)24(33)31-15-5-8-18(17(28)13-15)36-20-9-11-30-23(29)22(20)26;1-5-27(6-2)10-9-24-22(29)20-13(3)19(25-14(20)4)12-17-16-11-15(23)7-8-18(16)26-21(17)28;1-10(2)23-9-19-13-14(20-12-5-3-4-11(17)8-12)21-16(18-6-7-24)22-15(13)23/h1-2,6,9-10,13,18-19,25H,3-5,7-8,11-12,14-17H2,(H3,31,32,33,36);3-13H,2H2,1H3,(H2,29,30)(H,31,33);7-8,11-12,25H,5-6,9-10H2,1-4H3,(H,24,29)(H,26,28);3-5,8-10,24H,6-7H2,1-2H3,(H2,18,20,21,22)/b;;17-12-;/t25-;;;/m0.../s1. The Balaban J connectivity index is 0.000000139. The molecule has 6 aromatic carbocycles. The van der Waals surface area contributed by atoms with E-state index in [1.54, 1.807) is 30.1 Å². The van der Waals surface area contributed by atoms with Crippen molar-refractivity contribution in [2.75, 3.05) is 97.1 Å². The Bertz CT molecular complexity index is 6270. The Morgan fingerprint density at radius 2 is 1.46 bits per heavy atom. The fraction of sp³-hybridized carbons (Fsp3) is 0.290. The zero-order valence-corrected chi connectivity index (χ0v) is 72.8. The number of aromatic amines is 1. The predicted molar refractivity (Wildman–Crippen MR) is 490 cm³/mol. The van der Waals surface area contributed by atoms with Crippen LogP contribution in [-0.2, 0) is 30.5 Å². The molecule has 7 aromatic heterocycles. The zero-order chi connectivity index (χ0) is 89.5. The van der Waals surface area contributed by atoms with Crippen molar-refractivity contribution in [2.45, 2.75) is 118 Å². The van der Waals surface area contributed by atoms with E-state index in [9.17, 15) is 32.3 Å². The predicted octanol–water partition coefficient (Wildman–Crippen LogP) is 16.6. The summed E-state index contributed by atoms with van der Waals surface area (Å²) < 4.78 is 57.4. The number of aliphatic hydroxyl groups excluding tert-OH is 1. The van der Waals surface area contributed by atoms with Gasteiger partial charge in [-0.1, -0.05) is 73.4 Å². The van der Waals surface area contributed by atoms with Crippen LogP contribution in [0.1, 0.15) is 138 Å². The average Bonchev–Trinajstić information content (AvgIpc) is 1.72. The summed E-state index contributed by atoms with van der Waals surface area (Å²) in [5.74, 6) is -0.564. The van der Waals surface area contributed by atoms with Crippen molar-refractivity contribution in [3.8, 4) is 40.0 Å². The molecule has 1 atom stereocenters. The van der Waals surface area contributed by atoms with Gasteiger partial charge < -0.3 is 77.3 Å². The number of aromatic nitrogens is 12. The molecule has 658 valence electrons. The minimum Gasteiger partial charge on any atom is -0.493 e. The lowest BCUT2D eigenvalue weighted by molar-refractivity contribution is -0.110. The van der Waals surface area contributed by atoms with Crippen molar-refractivity contribution in [2.24, 2.45) is 0 Å². The van der Waals surface area contributed by atoms with Gasteiger partial charge >= 0.3 is 0 Å². The Kier molecular flexibility index (Phi) is 29.0. The first-order valence-electron chi connectivity index (χ1n) is 42.2. The monoisotopic (exact) mass is 1760 g/mol. The maximum atomic E-state index is 14.7. The van der Waals surface area contributed by atoms with Gasteiger partial charge in [0.25, 0.3) is 23.3 Å². The summed E-state index contributed by atoms with van der Waals surface area (Å²) in [7, 11) is 0. The van der Waals surface area contributed by atoms with Crippen molar-refractivity contribution >= 4 is 116 Å². The number of hydrogen-bond acceptors (Lipinski definition) is 22. The molecule has 0 radical (unpaired) electrons. The van der Waals surface area contributed by atoms with Gasteiger partial charge in [0, 0.05) is 112 Å². The van der Waals surface area contributed by atoms with Gasteiger partial charge in [-0.2, -0.15) is 19.6 Å². The molecule has 13 aromatic rings. The molecule has 4 aliphatic rings. The van der Waals surface area contributed by atoms with E-state index in [1.165, 1.54) is 144 Å². The fourth-order valence-corrected chi connectivity index (χ4v) is 16.1. The number of nitrogens with zero attached hydrogens (tertiary/aromatic N) is 13. The van der Waals surface area contributed by atoms with E-state index in [0.29, 0.717) is 92.9 Å². The second-order valence-electron chi connectivity index (χ2n) is 31.0. The van der Waals surface area contributed by atoms with Crippen molar-refractivity contribution < 1.29 is 42.1 Å². The number of pyridine rings is 2. The number of fused-ring (bicyclic) bond motifs is 6. The van der Waals surface area contributed by atoms with Crippen LogP contribution < -0.4 is 58.4 Å². The number of halogens is 5. The zero-order valence-electron chi connectivity index (χ0n) is 71.3. The summed E-state index contributed by atoms with van der Waals surface area (Å²) in [5, 5.41) is 41.2. The second-order valence-corrected chi connectivity index (χ2v) is 31.8. The summed E-state index contributed by atoms with van der Waals surface area (Å²) in [6.07, 6.45) is 16.7. The molecule has 29 nitrogen and oxygen atoms in total. The van der Waals surface area contributed by atoms with Crippen LogP contribution in [0.4, 0.5) is 65.4 Å². The molecule has 12 N–H and O–H groups in total. The van der Waals surface area contributed by atoms with Gasteiger partial charge in [-0.25, -0.2) is 23.1 Å². The van der Waals surface area contributed by atoms with Crippen LogP contribution in [0.3, 0.4) is 0 Å². The molecule has 2 aliphatic heterocycles. The number of carbonyl (C=O) groups is 3. The minimum absolute atomic E-state index is 0.00188. The summed E-state index contributed by atoms with van der Waals surface area (Å²) >= 11 is 12.1. The molecule has 3 amide bonds. The number of nitrogens with two attached hydrogens (primary N) is 2. The smallest absolute Gasteiger partial charge is 0.271 e. The van der Waals surface area contributed by atoms with Crippen LogP contribution in [0.5, 0.6) is 17.2 Å². The quantitative estimate of drug-likeness (QED) is 0.0198. The van der Waals surface area contributed by atoms with Gasteiger partial charge in [0.2, 0.25) is 17.8 Å². The summed E-state index contributed by atoms with van der Waals surface area (Å²) in [4.78, 5) is 81.2.